The van der Waals surface area contributed by atoms with E-state index >= 15 is 0 Å². The average Bonchev–Trinajstić information content (AvgIpc) is 2.91. The van der Waals surface area contributed by atoms with E-state index in [2.05, 4.69) is 18.0 Å². The summed E-state index contributed by atoms with van der Waals surface area (Å²) in [5.74, 6) is 1.40. The number of ether oxygens (including phenoxy) is 2. The molecular weight excluding hydrogens is 345 g/mol. The third kappa shape index (κ3) is 3.57. The monoisotopic (exact) mass is 371 g/mol. The molecule has 1 heterocycles. The summed E-state index contributed by atoms with van der Waals surface area (Å²) in [5, 5.41) is 0. The number of likely N-dealkylation sites (N-methyl/N-ethyl adjacent to an activating group) is 1. The molecule has 3 atom stereocenters. The zero-order chi connectivity index (χ0) is 18.2. The van der Waals surface area contributed by atoms with E-state index in [4.69, 9.17) is 23.8 Å². The predicted molar refractivity (Wildman–Crippen MR) is 93.0 cm³/mol. The fourth-order valence-corrected chi connectivity index (χ4v) is 5.10. The Hall–Kier alpha value is -1.11. The second-order valence-corrected chi connectivity index (χ2v) is 8.16. The molecule has 0 spiro atoms. The van der Waals surface area contributed by atoms with Crippen LogP contribution in [0.4, 0.5) is 0 Å². The van der Waals surface area contributed by atoms with E-state index in [0.717, 1.165) is 19.4 Å². The first-order chi connectivity index (χ1) is 11.8. The Labute approximate surface area is 148 Å². The van der Waals surface area contributed by atoms with Gasteiger partial charge >= 0.3 is 7.82 Å². The van der Waals surface area contributed by atoms with E-state index in [1.807, 2.05) is 12.1 Å². The molecule has 0 aromatic heterocycles. The van der Waals surface area contributed by atoms with Gasteiger partial charge in [0.1, 0.15) is 0 Å². The molecule has 1 aromatic carbocycles. The third-order valence-corrected chi connectivity index (χ3v) is 6.30. The molecular formula is C17H26NO6P. The number of benzene rings is 1. The highest BCUT2D eigenvalue weighted by atomic mass is 31.2. The van der Waals surface area contributed by atoms with E-state index in [1.165, 1.54) is 5.56 Å². The highest BCUT2D eigenvalue weighted by Gasteiger charge is 2.51. The van der Waals surface area contributed by atoms with Crippen LogP contribution >= 0.6 is 7.82 Å². The number of methoxy groups -OCH3 is 2. The minimum absolute atomic E-state index is 0.0525. The van der Waals surface area contributed by atoms with Gasteiger partial charge in [-0.15, -0.1) is 0 Å². The fraction of sp³-hybridized carbons (Fsp3) is 0.647. The molecule has 0 unspecified atom stereocenters. The van der Waals surface area contributed by atoms with Gasteiger partial charge in [-0.3, -0.25) is 4.52 Å². The number of phosphoric ester groups is 1. The molecule has 0 amide bonds. The Bertz CT molecular complexity index is 677. The van der Waals surface area contributed by atoms with Crippen LogP contribution in [0.2, 0.25) is 0 Å². The van der Waals surface area contributed by atoms with Crippen molar-refractivity contribution in [1.29, 1.82) is 0 Å². The summed E-state index contributed by atoms with van der Waals surface area (Å²) >= 11 is 0. The highest BCUT2D eigenvalue weighted by Crippen LogP contribution is 2.52. The lowest BCUT2D eigenvalue weighted by Gasteiger charge is -2.44. The van der Waals surface area contributed by atoms with Crippen LogP contribution < -0.4 is 9.47 Å². The fourth-order valence-electron chi connectivity index (χ4n) is 4.52. The molecule has 0 radical (unpaired) electrons. The summed E-state index contributed by atoms with van der Waals surface area (Å²) in [6.45, 7) is 0.946. The maximum atomic E-state index is 11.2. The van der Waals surface area contributed by atoms with Gasteiger partial charge < -0.3 is 24.2 Å². The van der Waals surface area contributed by atoms with Crippen molar-refractivity contribution in [1.82, 2.24) is 4.90 Å². The topological polar surface area (TPSA) is 88.5 Å². The Balaban J connectivity index is 1.91. The summed E-state index contributed by atoms with van der Waals surface area (Å²) in [6.07, 6.45) is 2.65. The molecule has 2 N–H and O–H groups in total. The second kappa shape index (κ2) is 6.89. The Morgan fingerprint density at radius 1 is 1.20 bits per heavy atom. The number of rotatable bonds is 5. The smallest absolute Gasteiger partial charge is 0.469 e. The number of phosphoric acid groups is 1. The lowest BCUT2D eigenvalue weighted by Crippen LogP contribution is -2.47. The molecule has 2 fully saturated rings. The predicted octanol–water partition coefficient (Wildman–Crippen LogP) is 2.31. The van der Waals surface area contributed by atoms with Gasteiger partial charge in [0.25, 0.3) is 0 Å². The van der Waals surface area contributed by atoms with Crippen molar-refractivity contribution in [3.05, 3.63) is 23.8 Å². The van der Waals surface area contributed by atoms with Gasteiger partial charge in [0.2, 0.25) is 0 Å². The van der Waals surface area contributed by atoms with Crippen molar-refractivity contribution in [2.75, 3.05) is 27.8 Å². The van der Waals surface area contributed by atoms with Crippen LogP contribution in [-0.2, 0) is 14.5 Å². The lowest BCUT2D eigenvalue weighted by atomic mass is 9.65. The van der Waals surface area contributed by atoms with Gasteiger partial charge in [-0.1, -0.05) is 6.07 Å². The molecule has 1 saturated carbocycles. The molecule has 25 heavy (non-hydrogen) atoms. The summed E-state index contributed by atoms with van der Waals surface area (Å²) in [4.78, 5) is 20.5. The first-order valence-electron chi connectivity index (χ1n) is 8.46. The molecule has 0 bridgehead atoms. The SMILES string of the molecule is COc1ccc([C@@]23CC[C@H](OP(=O)(O)O)C[C@@H]2N(C)CC3)cc1OC. The van der Waals surface area contributed by atoms with E-state index < -0.39 is 13.9 Å². The van der Waals surface area contributed by atoms with E-state index in [1.54, 1.807) is 14.2 Å². The molecule has 1 aliphatic heterocycles. The van der Waals surface area contributed by atoms with Crippen LogP contribution in [0, 0.1) is 0 Å². The van der Waals surface area contributed by atoms with Crippen molar-refractivity contribution in [2.24, 2.45) is 0 Å². The maximum absolute atomic E-state index is 11.2. The molecule has 2 aliphatic rings. The number of likely N-dealkylation sites (tertiary alicyclic amines) is 1. The Morgan fingerprint density at radius 3 is 2.56 bits per heavy atom. The number of fused-ring (bicyclic) bond motifs is 1. The zero-order valence-corrected chi connectivity index (χ0v) is 15.7. The first-order valence-corrected chi connectivity index (χ1v) is 9.99. The van der Waals surface area contributed by atoms with Gasteiger partial charge in [-0.2, -0.15) is 0 Å². The van der Waals surface area contributed by atoms with Gasteiger partial charge in [-0.05, 0) is 57.0 Å². The van der Waals surface area contributed by atoms with Gasteiger partial charge in [0.05, 0.1) is 20.3 Å². The van der Waals surface area contributed by atoms with Crippen LogP contribution in [0.15, 0.2) is 18.2 Å². The number of nitrogens with zero attached hydrogens (tertiary/aromatic N) is 1. The number of hydrogen-bond donors (Lipinski definition) is 2. The minimum Gasteiger partial charge on any atom is -0.493 e. The Morgan fingerprint density at radius 2 is 1.92 bits per heavy atom. The molecule has 3 rings (SSSR count). The standard InChI is InChI=1S/C17H26NO6P/c1-18-9-8-17(12-4-5-14(22-2)15(10-12)23-3)7-6-13(11-16(17)18)24-25(19,20)21/h4-5,10,13,16H,6-9,11H2,1-3H3,(H2,19,20,21)/t13-,16-,17-/m0/s1. The molecule has 7 nitrogen and oxygen atoms in total. The summed E-state index contributed by atoms with van der Waals surface area (Å²) in [7, 11) is 0.845. The summed E-state index contributed by atoms with van der Waals surface area (Å²) < 4.78 is 27.0. The molecule has 8 heteroatoms. The molecule has 1 aromatic rings. The largest absolute Gasteiger partial charge is 0.493 e. The molecule has 1 saturated heterocycles. The highest BCUT2D eigenvalue weighted by molar-refractivity contribution is 7.46. The minimum atomic E-state index is -4.46. The van der Waals surface area contributed by atoms with Crippen LogP contribution in [0.25, 0.3) is 0 Å². The van der Waals surface area contributed by atoms with Gasteiger partial charge in [0, 0.05) is 11.5 Å². The summed E-state index contributed by atoms with van der Waals surface area (Å²) in [6, 6.07) is 6.22. The van der Waals surface area contributed by atoms with Crippen LogP contribution in [-0.4, -0.2) is 54.6 Å². The average molecular weight is 371 g/mol. The lowest BCUT2D eigenvalue weighted by molar-refractivity contribution is 0.0500. The van der Waals surface area contributed by atoms with Crippen LogP contribution in [0.3, 0.4) is 0 Å². The van der Waals surface area contributed by atoms with Crippen molar-refractivity contribution in [3.63, 3.8) is 0 Å². The van der Waals surface area contributed by atoms with Gasteiger partial charge in [0.15, 0.2) is 11.5 Å². The van der Waals surface area contributed by atoms with Crippen molar-refractivity contribution < 1.29 is 28.3 Å². The van der Waals surface area contributed by atoms with Gasteiger partial charge in [-0.25, -0.2) is 4.57 Å². The maximum Gasteiger partial charge on any atom is 0.469 e. The second-order valence-electron chi connectivity index (χ2n) is 6.96. The first kappa shape index (κ1) is 18.7. The van der Waals surface area contributed by atoms with Crippen molar-refractivity contribution >= 4 is 7.82 Å². The van der Waals surface area contributed by atoms with Crippen LogP contribution in [0.5, 0.6) is 11.5 Å². The summed E-state index contributed by atoms with van der Waals surface area (Å²) in [5.41, 5.74) is 1.14. The quantitative estimate of drug-likeness (QED) is 0.768. The van der Waals surface area contributed by atoms with E-state index in [-0.39, 0.29) is 11.5 Å². The van der Waals surface area contributed by atoms with E-state index in [9.17, 15) is 4.57 Å². The molecule has 1 aliphatic carbocycles. The van der Waals surface area contributed by atoms with Crippen LogP contribution in [0.1, 0.15) is 31.2 Å². The normalized spacial score (nSPS) is 30.1. The third-order valence-electron chi connectivity index (χ3n) is 5.72. The zero-order valence-electron chi connectivity index (χ0n) is 14.8. The number of hydrogen-bond acceptors (Lipinski definition) is 5. The van der Waals surface area contributed by atoms with Crippen molar-refractivity contribution in [2.45, 2.75) is 43.2 Å². The van der Waals surface area contributed by atoms with E-state index in [0.29, 0.717) is 24.3 Å². The molecule has 140 valence electrons. The Kier molecular flexibility index (Phi) is 5.15. The van der Waals surface area contributed by atoms with Crippen molar-refractivity contribution in [3.8, 4) is 11.5 Å².